The van der Waals surface area contributed by atoms with Crippen LogP contribution in [-0.2, 0) is 11.2 Å². The summed E-state index contributed by atoms with van der Waals surface area (Å²) in [7, 11) is 0. The lowest BCUT2D eigenvalue weighted by Crippen LogP contribution is -2.14. The standard InChI is InChI=1S/C16H12Cl2N2O2S/c1-9-2-5-14(22-9)16-19-11(8-23-16)7-15(21)20-13-6-10(17)3-4-12(13)18/h2-6,8H,7H2,1H3,(H,20,21). The molecule has 1 aromatic carbocycles. The van der Waals surface area contributed by atoms with Crippen molar-refractivity contribution in [1.29, 1.82) is 0 Å². The molecule has 0 bridgehead atoms. The highest BCUT2D eigenvalue weighted by Gasteiger charge is 2.12. The zero-order valence-corrected chi connectivity index (χ0v) is 14.4. The minimum atomic E-state index is -0.207. The van der Waals surface area contributed by atoms with E-state index < -0.39 is 0 Å². The van der Waals surface area contributed by atoms with Gasteiger partial charge in [-0.2, -0.15) is 0 Å². The molecule has 7 heteroatoms. The molecular formula is C16H12Cl2N2O2S. The van der Waals surface area contributed by atoms with Crippen LogP contribution in [-0.4, -0.2) is 10.9 Å². The van der Waals surface area contributed by atoms with E-state index in [9.17, 15) is 4.79 Å². The third-order valence-electron chi connectivity index (χ3n) is 3.05. The number of benzene rings is 1. The highest BCUT2D eigenvalue weighted by atomic mass is 35.5. The van der Waals surface area contributed by atoms with E-state index in [0.29, 0.717) is 27.2 Å². The molecule has 0 aliphatic carbocycles. The number of halogens is 2. The van der Waals surface area contributed by atoms with Gasteiger partial charge in [-0.15, -0.1) is 11.3 Å². The maximum Gasteiger partial charge on any atom is 0.230 e. The number of nitrogens with one attached hydrogen (secondary N) is 1. The lowest BCUT2D eigenvalue weighted by Gasteiger charge is -2.06. The van der Waals surface area contributed by atoms with Gasteiger partial charge in [-0.1, -0.05) is 23.2 Å². The van der Waals surface area contributed by atoms with Gasteiger partial charge in [0, 0.05) is 10.4 Å². The van der Waals surface area contributed by atoms with Crippen molar-refractivity contribution in [1.82, 2.24) is 4.98 Å². The second-order valence-corrected chi connectivity index (χ2v) is 6.61. The average Bonchev–Trinajstić information content (AvgIpc) is 3.12. The molecule has 1 amide bonds. The zero-order valence-electron chi connectivity index (χ0n) is 12.1. The average molecular weight is 367 g/mol. The molecule has 2 aromatic heterocycles. The highest BCUT2D eigenvalue weighted by molar-refractivity contribution is 7.13. The first-order valence-corrected chi connectivity index (χ1v) is 8.41. The molecule has 0 saturated carbocycles. The predicted molar refractivity (Wildman–Crippen MR) is 93.3 cm³/mol. The topological polar surface area (TPSA) is 55.1 Å². The van der Waals surface area contributed by atoms with E-state index in [2.05, 4.69) is 10.3 Å². The van der Waals surface area contributed by atoms with E-state index in [1.54, 1.807) is 18.2 Å². The van der Waals surface area contributed by atoms with Gasteiger partial charge in [0.2, 0.25) is 5.91 Å². The Morgan fingerprint density at radius 3 is 2.87 bits per heavy atom. The summed E-state index contributed by atoms with van der Waals surface area (Å²) in [4.78, 5) is 16.5. The van der Waals surface area contributed by atoms with Gasteiger partial charge < -0.3 is 9.73 Å². The highest BCUT2D eigenvalue weighted by Crippen LogP contribution is 2.27. The third-order valence-corrected chi connectivity index (χ3v) is 4.52. The van der Waals surface area contributed by atoms with Crippen molar-refractivity contribution in [3.05, 3.63) is 57.2 Å². The van der Waals surface area contributed by atoms with Crippen LogP contribution in [0.3, 0.4) is 0 Å². The Bertz CT molecular complexity index is 857. The molecule has 0 atom stereocenters. The van der Waals surface area contributed by atoms with Crippen LogP contribution in [0.25, 0.3) is 10.8 Å². The monoisotopic (exact) mass is 366 g/mol. The Hall–Kier alpha value is -1.82. The van der Waals surface area contributed by atoms with Crippen LogP contribution < -0.4 is 5.32 Å². The van der Waals surface area contributed by atoms with Crippen molar-refractivity contribution in [3.8, 4) is 10.8 Å². The Kier molecular flexibility index (Phi) is 4.71. The molecule has 0 aliphatic rings. The quantitative estimate of drug-likeness (QED) is 0.690. The summed E-state index contributed by atoms with van der Waals surface area (Å²) in [5, 5.41) is 6.28. The molecule has 0 fully saturated rings. The summed E-state index contributed by atoms with van der Waals surface area (Å²) in [6.07, 6.45) is 0.152. The molecule has 2 heterocycles. The number of aryl methyl sites for hydroxylation is 1. The molecule has 118 valence electrons. The number of nitrogens with zero attached hydrogens (tertiary/aromatic N) is 1. The van der Waals surface area contributed by atoms with E-state index in [1.807, 2.05) is 24.4 Å². The molecule has 0 aliphatic heterocycles. The lowest BCUT2D eigenvalue weighted by molar-refractivity contribution is -0.115. The van der Waals surface area contributed by atoms with Gasteiger partial charge in [-0.05, 0) is 37.3 Å². The smallest absolute Gasteiger partial charge is 0.230 e. The molecular weight excluding hydrogens is 355 g/mol. The number of anilines is 1. The number of carbonyl (C=O) groups excluding carboxylic acids is 1. The molecule has 1 N–H and O–H groups in total. The van der Waals surface area contributed by atoms with E-state index in [0.717, 1.165) is 10.8 Å². The lowest BCUT2D eigenvalue weighted by atomic mass is 10.3. The molecule has 4 nitrogen and oxygen atoms in total. The van der Waals surface area contributed by atoms with Gasteiger partial charge in [-0.25, -0.2) is 4.98 Å². The van der Waals surface area contributed by atoms with Crippen LogP contribution in [0.2, 0.25) is 10.0 Å². The first kappa shape index (κ1) is 16.1. The summed E-state index contributed by atoms with van der Waals surface area (Å²) < 4.78 is 5.53. The fourth-order valence-electron chi connectivity index (χ4n) is 2.00. The number of hydrogen-bond acceptors (Lipinski definition) is 4. The van der Waals surface area contributed by atoms with E-state index in [-0.39, 0.29) is 12.3 Å². The minimum Gasteiger partial charge on any atom is -0.459 e. The van der Waals surface area contributed by atoms with Crippen molar-refractivity contribution < 1.29 is 9.21 Å². The normalized spacial score (nSPS) is 10.7. The maximum absolute atomic E-state index is 12.1. The molecule has 3 aromatic rings. The number of carbonyl (C=O) groups is 1. The zero-order chi connectivity index (χ0) is 16.4. The Morgan fingerprint density at radius 1 is 1.30 bits per heavy atom. The molecule has 3 rings (SSSR count). The molecule has 0 spiro atoms. The van der Waals surface area contributed by atoms with Crippen molar-refractivity contribution in [2.75, 3.05) is 5.32 Å². The first-order chi connectivity index (χ1) is 11.0. The molecule has 23 heavy (non-hydrogen) atoms. The Labute approximate surface area is 147 Å². The van der Waals surface area contributed by atoms with Gasteiger partial charge in [0.1, 0.15) is 5.76 Å². The van der Waals surface area contributed by atoms with Gasteiger partial charge in [-0.3, -0.25) is 4.79 Å². The van der Waals surface area contributed by atoms with Crippen LogP contribution in [0.4, 0.5) is 5.69 Å². The first-order valence-electron chi connectivity index (χ1n) is 6.77. The van der Waals surface area contributed by atoms with Gasteiger partial charge in [0.05, 0.1) is 22.8 Å². The van der Waals surface area contributed by atoms with Crippen LogP contribution >= 0.6 is 34.5 Å². The van der Waals surface area contributed by atoms with Crippen molar-refractivity contribution in [2.24, 2.45) is 0 Å². The van der Waals surface area contributed by atoms with Crippen LogP contribution in [0.15, 0.2) is 40.1 Å². The van der Waals surface area contributed by atoms with E-state index in [4.69, 9.17) is 27.6 Å². The van der Waals surface area contributed by atoms with Crippen molar-refractivity contribution >= 4 is 46.1 Å². The van der Waals surface area contributed by atoms with Crippen LogP contribution in [0.5, 0.6) is 0 Å². The van der Waals surface area contributed by atoms with Crippen LogP contribution in [0, 0.1) is 6.92 Å². The Morgan fingerprint density at radius 2 is 2.13 bits per heavy atom. The number of hydrogen-bond donors (Lipinski definition) is 1. The molecule has 0 unspecified atom stereocenters. The molecule has 0 saturated heterocycles. The Balaban J connectivity index is 1.69. The second-order valence-electron chi connectivity index (χ2n) is 4.90. The van der Waals surface area contributed by atoms with E-state index in [1.165, 1.54) is 11.3 Å². The maximum atomic E-state index is 12.1. The largest absolute Gasteiger partial charge is 0.459 e. The second kappa shape index (κ2) is 6.74. The summed E-state index contributed by atoms with van der Waals surface area (Å²) in [5.74, 6) is 1.32. The van der Waals surface area contributed by atoms with E-state index >= 15 is 0 Å². The summed E-state index contributed by atoms with van der Waals surface area (Å²) in [5.41, 5.74) is 1.16. The number of thiazole rings is 1. The van der Waals surface area contributed by atoms with Gasteiger partial charge in [0.25, 0.3) is 0 Å². The van der Waals surface area contributed by atoms with Crippen molar-refractivity contribution in [2.45, 2.75) is 13.3 Å². The summed E-state index contributed by atoms with van der Waals surface area (Å²) in [6, 6.07) is 8.66. The fourth-order valence-corrected chi connectivity index (χ4v) is 3.12. The SMILES string of the molecule is Cc1ccc(-c2nc(CC(=O)Nc3cc(Cl)ccc3Cl)cs2)o1. The summed E-state index contributed by atoms with van der Waals surface area (Å²) >= 11 is 13.4. The third kappa shape index (κ3) is 3.93. The van der Waals surface area contributed by atoms with Gasteiger partial charge >= 0.3 is 0 Å². The van der Waals surface area contributed by atoms with Gasteiger partial charge in [0.15, 0.2) is 10.8 Å². The minimum absolute atomic E-state index is 0.152. The fraction of sp³-hybridized carbons (Fsp3) is 0.125. The molecule has 0 radical (unpaired) electrons. The van der Waals surface area contributed by atoms with Crippen molar-refractivity contribution in [3.63, 3.8) is 0 Å². The summed E-state index contributed by atoms with van der Waals surface area (Å²) in [6.45, 7) is 1.88. The number of furan rings is 1. The number of rotatable bonds is 4. The predicted octanol–water partition coefficient (Wildman–Crippen LogP) is 5.20. The number of aromatic nitrogens is 1. The van der Waals surface area contributed by atoms with Crippen LogP contribution in [0.1, 0.15) is 11.5 Å². The number of amides is 1.